The Kier molecular flexibility index (Phi) is 3.79. The van der Waals surface area contributed by atoms with E-state index in [1.54, 1.807) is 31.6 Å². The van der Waals surface area contributed by atoms with Crippen molar-refractivity contribution in [3.63, 3.8) is 0 Å². The van der Waals surface area contributed by atoms with E-state index in [9.17, 15) is 0 Å². The highest BCUT2D eigenvalue weighted by atomic mass is 35.5. The number of ether oxygens (including phenoxy) is 2. The lowest BCUT2D eigenvalue weighted by atomic mass is 10.0. The maximum atomic E-state index is 6.13. The van der Waals surface area contributed by atoms with Crippen molar-refractivity contribution in [1.29, 1.82) is 0 Å². The number of methoxy groups -OCH3 is 2. The molecular formula is C13H14ClNO3. The molecule has 96 valence electrons. The van der Waals surface area contributed by atoms with Crippen molar-refractivity contribution in [2.24, 2.45) is 5.73 Å². The average molecular weight is 268 g/mol. The Labute approximate surface area is 110 Å². The van der Waals surface area contributed by atoms with Gasteiger partial charge in [0.1, 0.15) is 5.76 Å². The number of hydrogen-bond donors (Lipinski definition) is 1. The predicted octanol–water partition coefficient (Wildman–Crippen LogP) is 3.00. The molecule has 0 aliphatic carbocycles. The van der Waals surface area contributed by atoms with Gasteiger partial charge >= 0.3 is 0 Å². The number of rotatable bonds is 4. The average Bonchev–Trinajstić information content (AvgIpc) is 2.90. The summed E-state index contributed by atoms with van der Waals surface area (Å²) in [7, 11) is 3.09. The number of nitrogens with two attached hydrogens (primary N) is 1. The molecule has 0 saturated heterocycles. The smallest absolute Gasteiger partial charge is 0.179 e. The molecule has 0 bridgehead atoms. The van der Waals surface area contributed by atoms with Gasteiger partial charge in [0.25, 0.3) is 0 Å². The first kappa shape index (κ1) is 12.8. The van der Waals surface area contributed by atoms with Gasteiger partial charge in [0.2, 0.25) is 0 Å². The second kappa shape index (κ2) is 5.33. The van der Waals surface area contributed by atoms with Crippen LogP contribution in [0.4, 0.5) is 0 Å². The predicted molar refractivity (Wildman–Crippen MR) is 69.3 cm³/mol. The molecule has 1 heterocycles. The van der Waals surface area contributed by atoms with E-state index in [4.69, 9.17) is 31.2 Å². The van der Waals surface area contributed by atoms with Crippen LogP contribution in [0.5, 0.6) is 11.5 Å². The zero-order valence-electron chi connectivity index (χ0n) is 10.1. The van der Waals surface area contributed by atoms with Crippen LogP contribution in [0.15, 0.2) is 34.9 Å². The third-order valence-electron chi connectivity index (χ3n) is 2.66. The molecule has 2 N–H and O–H groups in total. The number of furan rings is 1. The largest absolute Gasteiger partial charge is 0.493 e. The van der Waals surface area contributed by atoms with Crippen molar-refractivity contribution in [3.8, 4) is 11.5 Å². The first-order valence-corrected chi connectivity index (χ1v) is 5.75. The highest BCUT2D eigenvalue weighted by Crippen LogP contribution is 2.38. The lowest BCUT2D eigenvalue weighted by Gasteiger charge is -2.14. The third kappa shape index (κ3) is 2.30. The van der Waals surface area contributed by atoms with Gasteiger partial charge in [-0.05, 0) is 29.8 Å². The van der Waals surface area contributed by atoms with Gasteiger partial charge < -0.3 is 19.6 Å². The fourth-order valence-corrected chi connectivity index (χ4v) is 2.05. The van der Waals surface area contributed by atoms with Gasteiger partial charge in [0, 0.05) is 0 Å². The van der Waals surface area contributed by atoms with Crippen LogP contribution in [0.2, 0.25) is 5.02 Å². The van der Waals surface area contributed by atoms with E-state index in [1.807, 2.05) is 6.07 Å². The maximum absolute atomic E-state index is 6.13. The molecule has 0 radical (unpaired) electrons. The molecule has 2 rings (SSSR count). The summed E-state index contributed by atoms with van der Waals surface area (Å²) < 4.78 is 15.7. The molecular weight excluding hydrogens is 254 g/mol. The lowest BCUT2D eigenvalue weighted by molar-refractivity contribution is 0.354. The standard InChI is InChI=1S/C13H14ClNO3/c1-16-11-7-8(6-9(14)13(11)17-2)12(15)10-4-3-5-18-10/h3-7,12H,15H2,1-2H3. The van der Waals surface area contributed by atoms with Crippen LogP contribution in [0, 0.1) is 0 Å². The van der Waals surface area contributed by atoms with Gasteiger partial charge in [-0.15, -0.1) is 0 Å². The molecule has 1 unspecified atom stereocenters. The second-order valence-corrected chi connectivity index (χ2v) is 4.14. The van der Waals surface area contributed by atoms with Crippen LogP contribution >= 0.6 is 11.6 Å². The zero-order chi connectivity index (χ0) is 13.1. The van der Waals surface area contributed by atoms with Crippen molar-refractivity contribution >= 4 is 11.6 Å². The summed E-state index contributed by atoms with van der Waals surface area (Å²) in [6, 6.07) is 6.75. The molecule has 4 nitrogen and oxygen atoms in total. The van der Waals surface area contributed by atoms with E-state index >= 15 is 0 Å². The fourth-order valence-electron chi connectivity index (χ4n) is 1.75. The van der Waals surface area contributed by atoms with E-state index in [2.05, 4.69) is 0 Å². The van der Waals surface area contributed by atoms with E-state index in [0.717, 1.165) is 5.56 Å². The van der Waals surface area contributed by atoms with Crippen LogP contribution in [0.3, 0.4) is 0 Å². The molecule has 5 heteroatoms. The zero-order valence-corrected chi connectivity index (χ0v) is 10.9. The van der Waals surface area contributed by atoms with Crippen molar-refractivity contribution in [2.45, 2.75) is 6.04 Å². The third-order valence-corrected chi connectivity index (χ3v) is 2.95. The Bertz CT molecular complexity index is 525. The van der Waals surface area contributed by atoms with Crippen LogP contribution in [0.1, 0.15) is 17.4 Å². The van der Waals surface area contributed by atoms with Gasteiger partial charge in [-0.25, -0.2) is 0 Å². The summed E-state index contributed by atoms with van der Waals surface area (Å²) in [6.07, 6.45) is 1.58. The summed E-state index contributed by atoms with van der Waals surface area (Å²) in [5.41, 5.74) is 6.89. The molecule has 1 atom stereocenters. The fraction of sp³-hybridized carbons (Fsp3) is 0.231. The second-order valence-electron chi connectivity index (χ2n) is 3.73. The SMILES string of the molecule is COc1cc(C(N)c2ccco2)cc(Cl)c1OC. The lowest BCUT2D eigenvalue weighted by Crippen LogP contribution is -2.11. The molecule has 0 saturated carbocycles. The van der Waals surface area contributed by atoms with Gasteiger partial charge in [-0.3, -0.25) is 0 Å². The number of halogens is 1. The first-order valence-electron chi connectivity index (χ1n) is 5.37. The Balaban J connectivity index is 2.43. The molecule has 0 spiro atoms. The molecule has 0 amide bonds. The highest BCUT2D eigenvalue weighted by Gasteiger charge is 2.17. The van der Waals surface area contributed by atoms with Gasteiger partial charge in [-0.1, -0.05) is 11.6 Å². The summed E-state index contributed by atoms with van der Waals surface area (Å²) in [5.74, 6) is 1.70. The van der Waals surface area contributed by atoms with Gasteiger partial charge in [0.15, 0.2) is 11.5 Å². The summed E-state index contributed by atoms with van der Waals surface area (Å²) in [4.78, 5) is 0. The van der Waals surface area contributed by atoms with E-state index in [-0.39, 0.29) is 0 Å². The van der Waals surface area contributed by atoms with Crippen molar-refractivity contribution in [2.75, 3.05) is 14.2 Å². The monoisotopic (exact) mass is 267 g/mol. The normalized spacial score (nSPS) is 12.2. The topological polar surface area (TPSA) is 57.6 Å². The quantitative estimate of drug-likeness (QED) is 0.925. The molecule has 0 fully saturated rings. The maximum Gasteiger partial charge on any atom is 0.179 e. The number of hydrogen-bond acceptors (Lipinski definition) is 4. The van der Waals surface area contributed by atoms with Crippen LogP contribution in [0.25, 0.3) is 0 Å². The first-order chi connectivity index (χ1) is 8.67. The Hall–Kier alpha value is -1.65. The minimum absolute atomic E-state index is 0.391. The summed E-state index contributed by atoms with van der Waals surface area (Å²) in [6.45, 7) is 0. The Morgan fingerprint density at radius 1 is 1.28 bits per heavy atom. The van der Waals surface area contributed by atoms with Gasteiger partial charge in [-0.2, -0.15) is 0 Å². The summed E-state index contributed by atoms with van der Waals surface area (Å²) >= 11 is 6.13. The molecule has 0 aliphatic heterocycles. The van der Waals surface area contributed by atoms with E-state index in [0.29, 0.717) is 22.3 Å². The minimum Gasteiger partial charge on any atom is -0.493 e. The Morgan fingerprint density at radius 3 is 2.61 bits per heavy atom. The minimum atomic E-state index is -0.391. The van der Waals surface area contributed by atoms with Crippen molar-refractivity contribution < 1.29 is 13.9 Å². The van der Waals surface area contributed by atoms with E-state index in [1.165, 1.54) is 7.11 Å². The molecule has 0 aliphatic rings. The molecule has 2 aromatic rings. The number of benzene rings is 1. The van der Waals surface area contributed by atoms with Crippen molar-refractivity contribution in [1.82, 2.24) is 0 Å². The molecule has 1 aromatic heterocycles. The van der Waals surface area contributed by atoms with Crippen molar-refractivity contribution in [3.05, 3.63) is 46.9 Å². The molecule has 18 heavy (non-hydrogen) atoms. The van der Waals surface area contributed by atoms with Crippen LogP contribution in [-0.2, 0) is 0 Å². The highest BCUT2D eigenvalue weighted by molar-refractivity contribution is 6.32. The molecule has 1 aromatic carbocycles. The Morgan fingerprint density at radius 2 is 2.06 bits per heavy atom. The van der Waals surface area contributed by atoms with Crippen LogP contribution < -0.4 is 15.2 Å². The van der Waals surface area contributed by atoms with E-state index < -0.39 is 6.04 Å². The summed E-state index contributed by atoms with van der Waals surface area (Å²) in [5, 5.41) is 0.453. The van der Waals surface area contributed by atoms with Crippen LogP contribution in [-0.4, -0.2) is 14.2 Å². The van der Waals surface area contributed by atoms with Gasteiger partial charge in [0.05, 0.1) is 31.5 Å².